The van der Waals surface area contributed by atoms with Gasteiger partial charge in [0, 0.05) is 12.6 Å². The number of hydrogen-bond acceptors (Lipinski definition) is 2. The highest BCUT2D eigenvalue weighted by atomic mass is 14.9. The predicted octanol–water partition coefficient (Wildman–Crippen LogP) is 3.87. The normalized spacial score (nSPS) is 26.2. The summed E-state index contributed by atoms with van der Waals surface area (Å²) in [6.45, 7) is 7.13. The summed E-state index contributed by atoms with van der Waals surface area (Å²) >= 11 is 0. The summed E-state index contributed by atoms with van der Waals surface area (Å²) in [5.41, 5.74) is -0.227. The smallest absolute Gasteiger partial charge is 0.0697 e. The third kappa shape index (κ3) is 5.55. The van der Waals surface area contributed by atoms with Gasteiger partial charge in [-0.15, -0.1) is 0 Å². The first kappa shape index (κ1) is 14.5. The minimum absolute atomic E-state index is 0.227. The summed E-state index contributed by atoms with van der Waals surface area (Å²) in [5, 5.41) is 12.6. The first-order chi connectivity index (χ1) is 8.07. The molecule has 0 aliphatic heterocycles. The van der Waals surface area contributed by atoms with Gasteiger partial charge in [-0.2, -0.15) is 5.26 Å². The Morgan fingerprint density at radius 3 is 2.65 bits per heavy atom. The lowest BCUT2D eigenvalue weighted by molar-refractivity contribution is 0.369. The Hall–Kier alpha value is -0.550. The zero-order valence-corrected chi connectivity index (χ0v) is 11.8. The van der Waals surface area contributed by atoms with E-state index >= 15 is 0 Å². The van der Waals surface area contributed by atoms with Crippen LogP contribution in [0.25, 0.3) is 0 Å². The lowest BCUT2D eigenvalue weighted by atomic mass is 9.94. The number of nitrogens with one attached hydrogen (secondary N) is 1. The topological polar surface area (TPSA) is 35.8 Å². The van der Waals surface area contributed by atoms with Gasteiger partial charge >= 0.3 is 0 Å². The van der Waals surface area contributed by atoms with Gasteiger partial charge in [0.1, 0.15) is 0 Å². The van der Waals surface area contributed by atoms with Crippen molar-refractivity contribution in [2.45, 2.75) is 71.8 Å². The Labute approximate surface area is 107 Å². The second-order valence-corrected chi connectivity index (χ2v) is 6.24. The van der Waals surface area contributed by atoms with Crippen molar-refractivity contribution in [3.8, 4) is 6.07 Å². The molecule has 0 aromatic heterocycles. The highest BCUT2D eigenvalue weighted by Gasteiger charge is 2.21. The standard InChI is InChI=1S/C15H28N2/c1-4-6-13-7-5-8-14(10-9-13)17-12-15(2,3)11-16/h13-14,17H,4-10,12H2,1-3H3. The zero-order valence-electron chi connectivity index (χ0n) is 11.8. The van der Waals surface area contributed by atoms with Gasteiger partial charge in [0.05, 0.1) is 11.5 Å². The second kappa shape index (κ2) is 7.01. The van der Waals surface area contributed by atoms with E-state index in [2.05, 4.69) is 18.3 Å². The van der Waals surface area contributed by atoms with Crippen LogP contribution < -0.4 is 5.32 Å². The third-order valence-electron chi connectivity index (χ3n) is 3.92. The maximum atomic E-state index is 9.00. The molecule has 2 atom stereocenters. The van der Waals surface area contributed by atoms with E-state index in [9.17, 15) is 0 Å². The molecule has 0 radical (unpaired) electrons. The van der Waals surface area contributed by atoms with Gasteiger partial charge in [-0.1, -0.05) is 32.6 Å². The van der Waals surface area contributed by atoms with E-state index in [0.29, 0.717) is 6.04 Å². The van der Waals surface area contributed by atoms with Gasteiger partial charge in [-0.3, -0.25) is 0 Å². The molecule has 1 aliphatic rings. The van der Waals surface area contributed by atoms with Gasteiger partial charge < -0.3 is 5.32 Å². The van der Waals surface area contributed by atoms with Gasteiger partial charge in [0.2, 0.25) is 0 Å². The van der Waals surface area contributed by atoms with E-state index in [1.807, 2.05) is 13.8 Å². The van der Waals surface area contributed by atoms with Crippen LogP contribution in [0, 0.1) is 22.7 Å². The van der Waals surface area contributed by atoms with Crippen LogP contribution in [0.15, 0.2) is 0 Å². The van der Waals surface area contributed by atoms with Crippen molar-refractivity contribution in [3.05, 3.63) is 0 Å². The van der Waals surface area contributed by atoms with Crippen molar-refractivity contribution in [3.63, 3.8) is 0 Å². The largest absolute Gasteiger partial charge is 0.312 e. The maximum absolute atomic E-state index is 9.00. The van der Waals surface area contributed by atoms with Crippen LogP contribution in [-0.4, -0.2) is 12.6 Å². The van der Waals surface area contributed by atoms with Crippen molar-refractivity contribution < 1.29 is 0 Å². The molecule has 2 nitrogen and oxygen atoms in total. The van der Waals surface area contributed by atoms with Gasteiger partial charge in [0.25, 0.3) is 0 Å². The monoisotopic (exact) mass is 236 g/mol. The molecule has 0 heterocycles. The van der Waals surface area contributed by atoms with E-state index in [4.69, 9.17) is 5.26 Å². The average molecular weight is 236 g/mol. The number of nitriles is 1. The Balaban J connectivity index is 2.30. The van der Waals surface area contributed by atoms with Crippen molar-refractivity contribution in [2.24, 2.45) is 11.3 Å². The summed E-state index contributed by atoms with van der Waals surface area (Å²) < 4.78 is 0. The molecule has 0 amide bonds. The number of nitrogens with zero attached hydrogens (tertiary/aromatic N) is 1. The van der Waals surface area contributed by atoms with Gasteiger partial charge in [-0.05, 0) is 39.0 Å². The molecule has 17 heavy (non-hydrogen) atoms. The van der Waals surface area contributed by atoms with Crippen molar-refractivity contribution in [1.29, 1.82) is 5.26 Å². The quantitative estimate of drug-likeness (QED) is 0.735. The number of rotatable bonds is 5. The summed E-state index contributed by atoms with van der Waals surface area (Å²) in [6.07, 6.45) is 9.45. The van der Waals surface area contributed by atoms with Crippen LogP contribution >= 0.6 is 0 Å². The molecule has 1 rings (SSSR count). The van der Waals surface area contributed by atoms with E-state index in [1.165, 1.54) is 44.9 Å². The van der Waals surface area contributed by atoms with E-state index in [1.54, 1.807) is 0 Å². The van der Waals surface area contributed by atoms with Crippen LogP contribution in [0.2, 0.25) is 0 Å². The number of hydrogen-bond donors (Lipinski definition) is 1. The first-order valence-electron chi connectivity index (χ1n) is 7.22. The van der Waals surface area contributed by atoms with Crippen LogP contribution in [0.4, 0.5) is 0 Å². The molecular formula is C15H28N2. The van der Waals surface area contributed by atoms with Crippen molar-refractivity contribution in [1.82, 2.24) is 5.32 Å². The van der Waals surface area contributed by atoms with Crippen molar-refractivity contribution in [2.75, 3.05) is 6.54 Å². The average Bonchev–Trinajstić information content (AvgIpc) is 2.53. The minimum Gasteiger partial charge on any atom is -0.312 e. The fraction of sp³-hybridized carbons (Fsp3) is 0.933. The van der Waals surface area contributed by atoms with Crippen molar-refractivity contribution >= 4 is 0 Å². The van der Waals surface area contributed by atoms with Crippen LogP contribution in [0.5, 0.6) is 0 Å². The summed E-state index contributed by atoms with van der Waals surface area (Å²) in [4.78, 5) is 0. The lowest BCUT2D eigenvalue weighted by Gasteiger charge is -2.22. The van der Waals surface area contributed by atoms with E-state index in [-0.39, 0.29) is 5.41 Å². The zero-order chi connectivity index (χ0) is 12.7. The molecule has 1 aliphatic carbocycles. The maximum Gasteiger partial charge on any atom is 0.0697 e. The molecule has 1 N–H and O–H groups in total. The molecule has 0 saturated heterocycles. The molecule has 2 unspecified atom stereocenters. The molecule has 0 aromatic rings. The molecule has 1 saturated carbocycles. The summed E-state index contributed by atoms with van der Waals surface area (Å²) in [5.74, 6) is 0.954. The Bertz CT molecular complexity index is 252. The Kier molecular flexibility index (Phi) is 5.98. The van der Waals surface area contributed by atoms with Crippen LogP contribution in [0.1, 0.15) is 65.7 Å². The Morgan fingerprint density at radius 1 is 1.24 bits per heavy atom. The first-order valence-corrected chi connectivity index (χ1v) is 7.22. The molecule has 2 heteroatoms. The lowest BCUT2D eigenvalue weighted by Crippen LogP contribution is -2.36. The van der Waals surface area contributed by atoms with Gasteiger partial charge in [-0.25, -0.2) is 0 Å². The highest BCUT2D eigenvalue weighted by Crippen LogP contribution is 2.27. The highest BCUT2D eigenvalue weighted by molar-refractivity contribution is 4.94. The van der Waals surface area contributed by atoms with Gasteiger partial charge in [0.15, 0.2) is 0 Å². The molecule has 98 valence electrons. The second-order valence-electron chi connectivity index (χ2n) is 6.24. The Morgan fingerprint density at radius 2 is 2.00 bits per heavy atom. The minimum atomic E-state index is -0.227. The molecule has 0 bridgehead atoms. The predicted molar refractivity (Wildman–Crippen MR) is 72.7 cm³/mol. The fourth-order valence-corrected chi connectivity index (χ4v) is 2.72. The SMILES string of the molecule is CCCC1CCCC(NCC(C)(C)C#N)CC1. The molecule has 0 spiro atoms. The summed E-state index contributed by atoms with van der Waals surface area (Å²) in [7, 11) is 0. The van der Waals surface area contributed by atoms with Crippen LogP contribution in [0.3, 0.4) is 0 Å². The third-order valence-corrected chi connectivity index (χ3v) is 3.92. The van der Waals surface area contributed by atoms with E-state index < -0.39 is 0 Å². The van der Waals surface area contributed by atoms with Crippen LogP contribution in [-0.2, 0) is 0 Å². The summed E-state index contributed by atoms with van der Waals surface area (Å²) in [6, 6.07) is 3.01. The molecular weight excluding hydrogens is 208 g/mol. The molecule has 0 aromatic carbocycles. The molecule has 1 fully saturated rings. The fourth-order valence-electron chi connectivity index (χ4n) is 2.72. The van der Waals surface area contributed by atoms with E-state index in [0.717, 1.165) is 12.5 Å².